The maximum absolute atomic E-state index is 6.11. The van der Waals surface area contributed by atoms with E-state index in [0.717, 1.165) is 40.6 Å². The summed E-state index contributed by atoms with van der Waals surface area (Å²) >= 11 is 0. The lowest BCUT2D eigenvalue weighted by Gasteiger charge is -2.12. The van der Waals surface area contributed by atoms with E-state index in [2.05, 4.69) is 58.8 Å². The van der Waals surface area contributed by atoms with Crippen molar-refractivity contribution in [2.75, 3.05) is 7.11 Å². The number of hydrogen-bond donors (Lipinski definition) is 0. The van der Waals surface area contributed by atoms with Crippen LogP contribution in [0.4, 0.5) is 0 Å². The molecule has 5 rings (SSSR count). The van der Waals surface area contributed by atoms with Crippen LogP contribution in [0.1, 0.15) is 25.2 Å². The highest BCUT2D eigenvalue weighted by Crippen LogP contribution is 2.33. The van der Waals surface area contributed by atoms with Gasteiger partial charge in [0.05, 0.1) is 35.7 Å². The Morgan fingerprint density at radius 2 is 1.76 bits per heavy atom. The summed E-state index contributed by atoms with van der Waals surface area (Å²) in [5.41, 5.74) is 5.07. The minimum atomic E-state index is 0.340. The number of ether oxygens (including phenoxy) is 2. The summed E-state index contributed by atoms with van der Waals surface area (Å²) in [7, 11) is 1.65. The van der Waals surface area contributed by atoms with Crippen LogP contribution in [0.2, 0.25) is 0 Å². The Balaban J connectivity index is 1.41. The summed E-state index contributed by atoms with van der Waals surface area (Å²) in [6.45, 7) is 7.80. The van der Waals surface area contributed by atoms with Gasteiger partial charge in [0.2, 0.25) is 0 Å². The van der Waals surface area contributed by atoms with Crippen LogP contribution >= 0.6 is 0 Å². The molecule has 0 atom stereocenters. The van der Waals surface area contributed by atoms with E-state index in [-0.39, 0.29) is 0 Å². The number of aryl methyl sites for hydroxylation is 1. The third-order valence-corrected chi connectivity index (χ3v) is 5.74. The average Bonchev–Trinajstić information content (AvgIpc) is 3.41. The van der Waals surface area contributed by atoms with Gasteiger partial charge >= 0.3 is 0 Å². The van der Waals surface area contributed by atoms with Crippen molar-refractivity contribution in [3.63, 3.8) is 0 Å². The molecule has 0 bridgehead atoms. The molecule has 7 heteroatoms. The maximum atomic E-state index is 6.11. The van der Waals surface area contributed by atoms with Gasteiger partial charge in [-0.3, -0.25) is 4.98 Å². The molecule has 0 fully saturated rings. The fourth-order valence-corrected chi connectivity index (χ4v) is 4.23. The van der Waals surface area contributed by atoms with Crippen LogP contribution in [0.25, 0.3) is 27.5 Å². The van der Waals surface area contributed by atoms with Gasteiger partial charge in [-0.25, -0.2) is 4.68 Å². The summed E-state index contributed by atoms with van der Waals surface area (Å²) in [6, 6.07) is 16.0. The normalized spacial score (nSPS) is 11.5. The quantitative estimate of drug-likeness (QED) is 0.342. The first kappa shape index (κ1) is 21.0. The molecule has 0 spiro atoms. The van der Waals surface area contributed by atoms with Gasteiger partial charge in [-0.15, -0.1) is 5.10 Å². The molecular formula is C26H27N5O2. The summed E-state index contributed by atoms with van der Waals surface area (Å²) in [4.78, 5) is 4.53. The van der Waals surface area contributed by atoms with Crippen LogP contribution < -0.4 is 9.47 Å². The molecular weight excluding hydrogens is 414 g/mol. The van der Waals surface area contributed by atoms with Gasteiger partial charge in [0, 0.05) is 29.6 Å². The smallest absolute Gasteiger partial charge is 0.134 e. The van der Waals surface area contributed by atoms with Gasteiger partial charge in [0.1, 0.15) is 23.8 Å². The molecule has 0 radical (unpaired) electrons. The minimum Gasteiger partial charge on any atom is -0.497 e. The third kappa shape index (κ3) is 4.02. The predicted molar refractivity (Wildman–Crippen MR) is 129 cm³/mol. The van der Waals surface area contributed by atoms with Crippen molar-refractivity contribution in [3.05, 3.63) is 72.3 Å². The number of benzene rings is 2. The number of aromatic nitrogens is 5. The molecule has 0 saturated carbocycles. The fraction of sp³-hybridized carbons (Fsp3) is 0.269. The second kappa shape index (κ2) is 8.58. The van der Waals surface area contributed by atoms with Crippen molar-refractivity contribution >= 4 is 21.8 Å². The molecule has 5 aromatic rings. The van der Waals surface area contributed by atoms with E-state index in [9.17, 15) is 0 Å². The molecule has 0 unspecified atom stereocenters. The Kier molecular flexibility index (Phi) is 5.46. The predicted octanol–water partition coefficient (Wildman–Crippen LogP) is 5.32. The SMILES string of the molecule is COc1ccc(-n2cc(COc3ccc4c5ccnc(C)c5n(CC(C)C)c4c3)nn2)cc1. The van der Waals surface area contributed by atoms with Gasteiger partial charge < -0.3 is 14.0 Å². The zero-order valence-electron chi connectivity index (χ0n) is 19.3. The Labute approximate surface area is 192 Å². The highest BCUT2D eigenvalue weighted by atomic mass is 16.5. The second-order valence-electron chi connectivity index (χ2n) is 8.62. The number of rotatable bonds is 7. The summed E-state index contributed by atoms with van der Waals surface area (Å²) in [5, 5.41) is 10.9. The molecule has 0 aliphatic heterocycles. The minimum absolute atomic E-state index is 0.340. The largest absolute Gasteiger partial charge is 0.497 e. The Hall–Kier alpha value is -3.87. The van der Waals surface area contributed by atoms with Gasteiger partial charge in [-0.2, -0.15) is 0 Å². The third-order valence-electron chi connectivity index (χ3n) is 5.74. The van der Waals surface area contributed by atoms with E-state index in [4.69, 9.17) is 9.47 Å². The van der Waals surface area contributed by atoms with E-state index < -0.39 is 0 Å². The van der Waals surface area contributed by atoms with Gasteiger partial charge in [-0.1, -0.05) is 19.1 Å². The van der Waals surface area contributed by atoms with Crippen molar-refractivity contribution < 1.29 is 9.47 Å². The average molecular weight is 442 g/mol. The number of fused-ring (bicyclic) bond motifs is 3. The highest BCUT2D eigenvalue weighted by Gasteiger charge is 2.15. The molecule has 33 heavy (non-hydrogen) atoms. The van der Waals surface area contributed by atoms with E-state index >= 15 is 0 Å². The van der Waals surface area contributed by atoms with E-state index in [1.54, 1.807) is 11.8 Å². The molecule has 2 aromatic carbocycles. The Morgan fingerprint density at radius 3 is 2.52 bits per heavy atom. The topological polar surface area (TPSA) is 67.0 Å². The number of nitrogens with zero attached hydrogens (tertiary/aromatic N) is 5. The second-order valence-corrected chi connectivity index (χ2v) is 8.62. The number of hydrogen-bond acceptors (Lipinski definition) is 5. The van der Waals surface area contributed by atoms with Gasteiger partial charge in [0.25, 0.3) is 0 Å². The Morgan fingerprint density at radius 1 is 0.970 bits per heavy atom. The summed E-state index contributed by atoms with van der Waals surface area (Å²) in [6.07, 6.45) is 3.76. The Bertz CT molecular complexity index is 1420. The van der Waals surface area contributed by atoms with Crippen molar-refractivity contribution in [2.24, 2.45) is 5.92 Å². The first-order valence-corrected chi connectivity index (χ1v) is 11.1. The zero-order chi connectivity index (χ0) is 22.9. The van der Waals surface area contributed by atoms with Crippen molar-refractivity contribution in [3.8, 4) is 17.2 Å². The summed E-state index contributed by atoms with van der Waals surface area (Å²) < 4.78 is 15.4. The molecule has 0 amide bonds. The van der Waals surface area contributed by atoms with E-state index in [0.29, 0.717) is 12.5 Å². The molecule has 7 nitrogen and oxygen atoms in total. The van der Waals surface area contributed by atoms with Crippen LogP contribution in [-0.2, 0) is 13.2 Å². The first-order chi connectivity index (χ1) is 16.0. The van der Waals surface area contributed by atoms with Crippen molar-refractivity contribution in [1.29, 1.82) is 0 Å². The fourth-order valence-electron chi connectivity index (χ4n) is 4.23. The lowest BCUT2D eigenvalue weighted by atomic mass is 10.1. The van der Waals surface area contributed by atoms with Crippen LogP contribution in [0.5, 0.6) is 11.5 Å². The first-order valence-electron chi connectivity index (χ1n) is 11.1. The van der Waals surface area contributed by atoms with Crippen LogP contribution in [0, 0.1) is 12.8 Å². The van der Waals surface area contributed by atoms with Crippen molar-refractivity contribution in [1.82, 2.24) is 24.5 Å². The van der Waals surface area contributed by atoms with E-state index in [1.165, 1.54) is 16.3 Å². The molecule has 3 aromatic heterocycles. The van der Waals surface area contributed by atoms with Crippen molar-refractivity contribution in [2.45, 2.75) is 33.9 Å². The lowest BCUT2D eigenvalue weighted by Crippen LogP contribution is -2.05. The number of methoxy groups -OCH3 is 1. The zero-order valence-corrected chi connectivity index (χ0v) is 19.3. The molecule has 168 valence electrons. The van der Waals surface area contributed by atoms with Gasteiger partial charge in [0.15, 0.2) is 0 Å². The molecule has 0 N–H and O–H groups in total. The molecule has 3 heterocycles. The monoisotopic (exact) mass is 441 g/mol. The highest BCUT2D eigenvalue weighted by molar-refractivity contribution is 6.09. The van der Waals surface area contributed by atoms with Gasteiger partial charge in [-0.05, 0) is 55.3 Å². The molecule has 0 saturated heterocycles. The van der Waals surface area contributed by atoms with Crippen LogP contribution in [-0.4, -0.2) is 31.7 Å². The van der Waals surface area contributed by atoms with Crippen LogP contribution in [0.15, 0.2) is 60.9 Å². The summed E-state index contributed by atoms with van der Waals surface area (Å²) in [5.74, 6) is 2.12. The molecule has 0 aliphatic carbocycles. The van der Waals surface area contributed by atoms with E-state index in [1.807, 2.05) is 42.7 Å². The standard InChI is InChI=1S/C26H27N5O2/c1-17(2)14-30-25-13-22(9-10-23(25)24-11-12-27-18(3)26(24)30)33-16-19-15-31(29-28-19)20-5-7-21(32-4)8-6-20/h5-13,15,17H,14,16H2,1-4H3. The lowest BCUT2D eigenvalue weighted by molar-refractivity contribution is 0.301. The number of pyridine rings is 1. The maximum Gasteiger partial charge on any atom is 0.134 e. The molecule has 0 aliphatic rings. The van der Waals surface area contributed by atoms with Crippen LogP contribution in [0.3, 0.4) is 0 Å².